The lowest BCUT2D eigenvalue weighted by Crippen LogP contribution is -2.36. The van der Waals surface area contributed by atoms with E-state index in [9.17, 15) is 14.7 Å². The van der Waals surface area contributed by atoms with Crippen molar-refractivity contribution in [1.82, 2.24) is 0 Å². The van der Waals surface area contributed by atoms with Crippen LogP contribution < -0.4 is 16.2 Å². The number of hydrogen-bond acceptors (Lipinski definition) is 5. The number of carbonyl (C=O) groups is 2. The van der Waals surface area contributed by atoms with Crippen LogP contribution in [-0.4, -0.2) is 23.5 Å². The molecule has 1 unspecified atom stereocenters. The molecule has 2 aromatic carbocycles. The third kappa shape index (κ3) is 5.32. The van der Waals surface area contributed by atoms with Gasteiger partial charge < -0.3 is 15.4 Å². The fourth-order valence-electron chi connectivity index (χ4n) is 5.68. The average Bonchev–Trinajstić information content (AvgIpc) is 3.33. The Balaban J connectivity index is 1.27. The Labute approximate surface area is 216 Å². The summed E-state index contributed by atoms with van der Waals surface area (Å²) in [5, 5.41) is 16.9. The molecule has 0 bridgehead atoms. The number of thiophene rings is 1. The van der Waals surface area contributed by atoms with Crippen molar-refractivity contribution in [3.05, 3.63) is 81.7 Å². The predicted molar refractivity (Wildman–Crippen MR) is 145 cm³/mol. The molecule has 2 aliphatic rings. The smallest absolute Gasteiger partial charge is 0.339 e. The number of hydrazine groups is 1. The van der Waals surface area contributed by atoms with Crippen LogP contribution in [0.2, 0.25) is 0 Å². The first-order valence-electron chi connectivity index (χ1n) is 12.8. The van der Waals surface area contributed by atoms with Crippen molar-refractivity contribution in [3.8, 4) is 0 Å². The third-order valence-electron chi connectivity index (χ3n) is 7.69. The van der Waals surface area contributed by atoms with Gasteiger partial charge in [0.2, 0.25) is 0 Å². The molecule has 3 aromatic rings. The number of anilines is 2. The van der Waals surface area contributed by atoms with E-state index in [0.717, 1.165) is 37.1 Å². The summed E-state index contributed by atoms with van der Waals surface area (Å²) in [7, 11) is 0. The molecule has 1 amide bonds. The zero-order valence-corrected chi connectivity index (χ0v) is 21.2. The number of benzene rings is 2. The normalized spacial score (nSPS) is 17.9. The van der Waals surface area contributed by atoms with Crippen molar-refractivity contribution in [3.63, 3.8) is 0 Å². The van der Waals surface area contributed by atoms with Gasteiger partial charge in [0.05, 0.1) is 11.3 Å². The highest BCUT2D eigenvalue weighted by molar-refractivity contribution is 7.15. The molecule has 0 radical (unpaired) electrons. The maximum atomic E-state index is 13.0. The maximum Gasteiger partial charge on any atom is 0.339 e. The Morgan fingerprint density at radius 3 is 2.44 bits per heavy atom. The summed E-state index contributed by atoms with van der Waals surface area (Å²) in [6.07, 6.45) is 8.95. The average molecular weight is 504 g/mol. The fourth-order valence-corrected chi connectivity index (χ4v) is 6.71. The molecule has 188 valence electrons. The van der Waals surface area contributed by atoms with Gasteiger partial charge in [-0.1, -0.05) is 43.5 Å². The van der Waals surface area contributed by atoms with E-state index < -0.39 is 5.97 Å². The Kier molecular flexibility index (Phi) is 7.39. The van der Waals surface area contributed by atoms with Crippen molar-refractivity contribution >= 4 is 33.9 Å². The molecule has 2 aliphatic carbocycles. The molecule has 1 saturated carbocycles. The molecule has 1 heterocycles. The van der Waals surface area contributed by atoms with Crippen LogP contribution in [0.15, 0.2) is 53.9 Å². The van der Waals surface area contributed by atoms with E-state index in [4.69, 9.17) is 5.84 Å². The SMILES string of the molecule is NN(CC1CCCCC1)c1ccc(C(=O)Nc2scc(C3CCc4ccccc4C3)c2C(=O)O)cc1. The van der Waals surface area contributed by atoms with Crippen molar-refractivity contribution in [2.45, 2.75) is 57.3 Å². The van der Waals surface area contributed by atoms with E-state index in [1.165, 1.54) is 54.6 Å². The summed E-state index contributed by atoms with van der Waals surface area (Å²) in [5.74, 6) is 5.73. The van der Waals surface area contributed by atoms with Crippen LogP contribution >= 0.6 is 11.3 Å². The van der Waals surface area contributed by atoms with Crippen LogP contribution in [0, 0.1) is 5.92 Å². The highest BCUT2D eigenvalue weighted by Crippen LogP contribution is 2.40. The van der Waals surface area contributed by atoms with Crippen LogP contribution in [-0.2, 0) is 12.8 Å². The van der Waals surface area contributed by atoms with E-state index in [2.05, 4.69) is 23.5 Å². The van der Waals surface area contributed by atoms with Crippen LogP contribution in [0.1, 0.15) is 81.8 Å². The lowest BCUT2D eigenvalue weighted by atomic mass is 9.80. The molecule has 36 heavy (non-hydrogen) atoms. The molecular weight excluding hydrogens is 470 g/mol. The Bertz CT molecular complexity index is 1230. The number of amides is 1. The number of aromatic carboxylic acids is 1. The lowest BCUT2D eigenvalue weighted by molar-refractivity contribution is 0.0696. The van der Waals surface area contributed by atoms with Gasteiger partial charge in [-0.15, -0.1) is 11.3 Å². The summed E-state index contributed by atoms with van der Waals surface area (Å²) >= 11 is 1.29. The van der Waals surface area contributed by atoms with Gasteiger partial charge in [0.15, 0.2) is 0 Å². The van der Waals surface area contributed by atoms with E-state index in [1.807, 2.05) is 23.6 Å². The van der Waals surface area contributed by atoms with E-state index in [0.29, 0.717) is 16.5 Å². The molecular formula is C29H33N3O3S. The number of hydrogen-bond donors (Lipinski definition) is 3. The number of fused-ring (bicyclic) bond motifs is 1. The molecule has 1 fully saturated rings. The molecule has 5 rings (SSSR count). The number of rotatable bonds is 7. The van der Waals surface area contributed by atoms with Gasteiger partial charge in [-0.2, -0.15) is 0 Å². The largest absolute Gasteiger partial charge is 0.478 e. The lowest BCUT2D eigenvalue weighted by Gasteiger charge is -2.27. The number of nitrogens with zero attached hydrogens (tertiary/aromatic N) is 1. The molecule has 6 nitrogen and oxygen atoms in total. The number of carbonyl (C=O) groups excluding carboxylic acids is 1. The van der Waals surface area contributed by atoms with Crippen LogP contribution in [0.3, 0.4) is 0 Å². The Morgan fingerprint density at radius 1 is 1.00 bits per heavy atom. The van der Waals surface area contributed by atoms with Gasteiger partial charge in [-0.25, -0.2) is 10.6 Å². The summed E-state index contributed by atoms with van der Waals surface area (Å²) in [4.78, 5) is 25.2. The second-order valence-corrected chi connectivity index (χ2v) is 10.9. The molecule has 0 saturated heterocycles. The van der Waals surface area contributed by atoms with Gasteiger partial charge in [0.1, 0.15) is 5.00 Å². The van der Waals surface area contributed by atoms with Gasteiger partial charge >= 0.3 is 5.97 Å². The minimum Gasteiger partial charge on any atom is -0.478 e. The summed E-state index contributed by atoms with van der Waals surface area (Å²) in [5.41, 5.74) is 5.00. The minimum absolute atomic E-state index is 0.131. The first-order chi connectivity index (χ1) is 17.5. The zero-order chi connectivity index (χ0) is 25.1. The van der Waals surface area contributed by atoms with Crippen LogP contribution in [0.25, 0.3) is 0 Å². The first kappa shape index (κ1) is 24.5. The summed E-state index contributed by atoms with van der Waals surface area (Å²) in [6, 6.07) is 15.6. The highest BCUT2D eigenvalue weighted by atomic mass is 32.1. The zero-order valence-electron chi connectivity index (χ0n) is 20.4. The summed E-state index contributed by atoms with van der Waals surface area (Å²) < 4.78 is 0. The number of carboxylic acid groups (broad SMARTS) is 1. The van der Waals surface area contributed by atoms with E-state index in [-0.39, 0.29) is 17.4 Å². The highest BCUT2D eigenvalue weighted by Gasteiger charge is 2.28. The monoisotopic (exact) mass is 503 g/mol. The van der Waals surface area contributed by atoms with Crippen molar-refractivity contribution < 1.29 is 14.7 Å². The van der Waals surface area contributed by atoms with Gasteiger partial charge in [0, 0.05) is 12.1 Å². The minimum atomic E-state index is -1.00. The maximum absolute atomic E-state index is 13.0. The van der Waals surface area contributed by atoms with Crippen LogP contribution in [0.5, 0.6) is 0 Å². The first-order valence-corrected chi connectivity index (χ1v) is 13.7. The van der Waals surface area contributed by atoms with Crippen LogP contribution in [0.4, 0.5) is 10.7 Å². The molecule has 0 aliphatic heterocycles. The van der Waals surface area contributed by atoms with Crippen molar-refractivity contribution in [1.29, 1.82) is 0 Å². The van der Waals surface area contributed by atoms with Gasteiger partial charge in [0.25, 0.3) is 5.91 Å². The second-order valence-electron chi connectivity index (χ2n) is 10.1. The number of carboxylic acids is 1. The molecule has 1 atom stereocenters. The Morgan fingerprint density at radius 2 is 1.72 bits per heavy atom. The summed E-state index contributed by atoms with van der Waals surface area (Å²) in [6.45, 7) is 0.817. The molecule has 7 heteroatoms. The molecule has 4 N–H and O–H groups in total. The number of nitrogens with one attached hydrogen (secondary N) is 1. The predicted octanol–water partition coefficient (Wildman–Crippen LogP) is 6.23. The third-order valence-corrected chi connectivity index (χ3v) is 8.60. The van der Waals surface area contributed by atoms with Gasteiger partial charge in [-0.05, 0) is 90.3 Å². The molecule has 1 aromatic heterocycles. The fraction of sp³-hybridized carbons (Fsp3) is 0.379. The Hall–Kier alpha value is -3.16. The van der Waals surface area contributed by atoms with Crippen molar-refractivity contribution in [2.24, 2.45) is 11.8 Å². The van der Waals surface area contributed by atoms with Crippen molar-refractivity contribution in [2.75, 3.05) is 16.9 Å². The topological polar surface area (TPSA) is 95.7 Å². The quantitative estimate of drug-likeness (QED) is 0.262. The molecule has 0 spiro atoms. The van der Waals surface area contributed by atoms with E-state index >= 15 is 0 Å². The standard InChI is InChI=1S/C29H33N3O3S/c30-32(17-19-6-2-1-3-7-19)24-14-12-21(13-15-24)27(33)31-28-26(29(34)35)25(18-36-28)23-11-10-20-8-4-5-9-22(20)16-23/h4-5,8-9,12-15,18-19,23H,1-3,6-7,10-11,16-17,30H2,(H,31,33)(H,34,35). The number of aryl methyl sites for hydroxylation is 1. The van der Waals surface area contributed by atoms with E-state index in [1.54, 1.807) is 17.1 Å². The number of nitrogens with two attached hydrogens (primary N) is 1. The second kappa shape index (κ2) is 10.8. The van der Waals surface area contributed by atoms with Gasteiger partial charge in [-0.3, -0.25) is 4.79 Å².